The fraction of sp³-hybridized carbons (Fsp3) is 0.222. The van der Waals surface area contributed by atoms with Crippen molar-refractivity contribution in [3.8, 4) is 5.75 Å². The van der Waals surface area contributed by atoms with E-state index in [1.54, 1.807) is 0 Å². The van der Waals surface area contributed by atoms with Crippen LogP contribution in [-0.2, 0) is 25.2 Å². The maximum atomic E-state index is 14.1. The zero-order valence-electron chi connectivity index (χ0n) is 18.9. The lowest BCUT2D eigenvalue weighted by atomic mass is 9.42. The lowest BCUT2D eigenvalue weighted by Gasteiger charge is -2.56. The summed E-state index contributed by atoms with van der Waals surface area (Å²) in [6.07, 6.45) is 0.776. The maximum absolute atomic E-state index is 14.1. The third-order valence-corrected chi connectivity index (χ3v) is 8.09. The molecule has 1 saturated heterocycles. The monoisotopic (exact) mass is 468 g/mol. The molecule has 7 rings (SSSR count). The standard InChI is InChI=1S/C27H20N2O6/c1-26-16-7-3-5-9-18(16)27(14-30,19-10-6-4-8-17(19)26)23-22(26)24(31)28(25(23)32)20-12-11-15(35-2)13-21(20)29(33)34/h3-14,22-23H,1-2H3/t22-,23-,26?,27?/m0/s1. The first-order chi connectivity index (χ1) is 16.8. The van der Waals surface area contributed by atoms with E-state index in [0.717, 1.165) is 22.3 Å². The summed E-state index contributed by atoms with van der Waals surface area (Å²) in [5.41, 5.74) is 0.214. The van der Waals surface area contributed by atoms with Crippen LogP contribution in [0.4, 0.5) is 11.4 Å². The van der Waals surface area contributed by atoms with Gasteiger partial charge in [0.25, 0.3) is 5.69 Å². The number of carbonyl (C=O) groups is 3. The quantitative estimate of drug-likeness (QED) is 0.251. The Bertz CT molecular complexity index is 1430. The van der Waals surface area contributed by atoms with Gasteiger partial charge in [-0.3, -0.25) is 19.7 Å². The van der Waals surface area contributed by atoms with Crippen molar-refractivity contribution in [3.05, 3.63) is 99.1 Å². The number of ether oxygens (including phenoxy) is 1. The Kier molecular flexibility index (Phi) is 4.15. The van der Waals surface area contributed by atoms with Crippen molar-refractivity contribution in [2.45, 2.75) is 17.8 Å². The molecule has 0 unspecified atom stereocenters. The van der Waals surface area contributed by atoms with Crippen LogP contribution in [0.5, 0.6) is 5.75 Å². The zero-order valence-corrected chi connectivity index (χ0v) is 18.9. The Balaban J connectivity index is 1.65. The number of benzene rings is 3. The van der Waals surface area contributed by atoms with E-state index in [-0.39, 0.29) is 11.4 Å². The minimum absolute atomic E-state index is 0.127. The fourth-order valence-corrected chi connectivity index (χ4v) is 6.67. The van der Waals surface area contributed by atoms with E-state index in [0.29, 0.717) is 11.1 Å². The minimum Gasteiger partial charge on any atom is -0.496 e. The number of aldehydes is 1. The van der Waals surface area contributed by atoms with Crippen molar-refractivity contribution < 1.29 is 24.0 Å². The van der Waals surface area contributed by atoms with Crippen molar-refractivity contribution in [1.29, 1.82) is 0 Å². The van der Waals surface area contributed by atoms with Crippen LogP contribution in [0.1, 0.15) is 29.2 Å². The van der Waals surface area contributed by atoms with Gasteiger partial charge in [0, 0.05) is 5.41 Å². The molecule has 0 spiro atoms. The lowest BCUT2D eigenvalue weighted by Crippen LogP contribution is -2.61. The van der Waals surface area contributed by atoms with E-state index in [4.69, 9.17) is 4.74 Å². The highest BCUT2D eigenvalue weighted by Crippen LogP contribution is 2.66. The van der Waals surface area contributed by atoms with E-state index in [9.17, 15) is 24.5 Å². The molecule has 2 atom stereocenters. The number of hydrogen-bond donors (Lipinski definition) is 0. The molecule has 0 saturated carbocycles. The normalized spacial score (nSPS) is 27.8. The number of anilines is 1. The number of rotatable bonds is 4. The Morgan fingerprint density at radius 3 is 1.97 bits per heavy atom. The van der Waals surface area contributed by atoms with Crippen LogP contribution < -0.4 is 9.64 Å². The number of imide groups is 1. The third-order valence-electron chi connectivity index (χ3n) is 8.09. The van der Waals surface area contributed by atoms with Gasteiger partial charge in [-0.25, -0.2) is 4.90 Å². The van der Waals surface area contributed by atoms with Crippen molar-refractivity contribution in [1.82, 2.24) is 0 Å². The molecule has 8 nitrogen and oxygen atoms in total. The molecular weight excluding hydrogens is 448 g/mol. The molecule has 0 N–H and O–H groups in total. The van der Waals surface area contributed by atoms with Gasteiger partial charge in [-0.1, -0.05) is 55.5 Å². The molecule has 3 aromatic rings. The van der Waals surface area contributed by atoms with Crippen LogP contribution in [0.25, 0.3) is 0 Å². The molecule has 2 amide bonds. The fourth-order valence-electron chi connectivity index (χ4n) is 6.67. The predicted molar refractivity (Wildman–Crippen MR) is 125 cm³/mol. The highest BCUT2D eigenvalue weighted by Gasteiger charge is 2.72. The molecule has 1 heterocycles. The Labute approximate surface area is 200 Å². The van der Waals surface area contributed by atoms with Gasteiger partial charge in [0.1, 0.15) is 17.7 Å². The summed E-state index contributed by atoms with van der Waals surface area (Å²) in [6, 6.07) is 18.8. The largest absolute Gasteiger partial charge is 0.496 e. The Morgan fingerprint density at radius 1 is 0.914 bits per heavy atom. The zero-order chi connectivity index (χ0) is 24.7. The Morgan fingerprint density at radius 2 is 1.46 bits per heavy atom. The smallest absolute Gasteiger partial charge is 0.297 e. The summed E-state index contributed by atoms with van der Waals surface area (Å²) >= 11 is 0. The van der Waals surface area contributed by atoms with E-state index in [2.05, 4.69) is 0 Å². The van der Waals surface area contributed by atoms with Crippen LogP contribution in [0.2, 0.25) is 0 Å². The first-order valence-corrected chi connectivity index (χ1v) is 11.2. The number of nitro benzene ring substituents is 1. The molecule has 1 fully saturated rings. The van der Waals surface area contributed by atoms with Gasteiger partial charge in [-0.15, -0.1) is 0 Å². The molecule has 3 aliphatic carbocycles. The molecule has 1 aliphatic heterocycles. The average Bonchev–Trinajstić information content (AvgIpc) is 3.16. The highest BCUT2D eigenvalue weighted by atomic mass is 16.6. The summed E-state index contributed by atoms with van der Waals surface area (Å²) in [6.45, 7) is 1.92. The number of hydrogen-bond acceptors (Lipinski definition) is 6. The van der Waals surface area contributed by atoms with Gasteiger partial charge in [-0.05, 0) is 34.4 Å². The molecular formula is C27H20N2O6. The SMILES string of the molecule is COc1ccc(N2C(=O)[C@@H]3[C@@H](C2=O)C2(C=O)c4ccccc4C3(C)c3ccccc32)c([N+](=O)[O-])c1. The van der Waals surface area contributed by atoms with E-state index < -0.39 is 45.1 Å². The van der Waals surface area contributed by atoms with Crippen LogP contribution in [0.3, 0.4) is 0 Å². The second kappa shape index (κ2) is 6.85. The molecule has 174 valence electrons. The van der Waals surface area contributed by atoms with Crippen LogP contribution in [0.15, 0.2) is 66.7 Å². The molecule has 2 bridgehead atoms. The molecule has 8 heteroatoms. The second-order valence-electron chi connectivity index (χ2n) is 9.36. The van der Waals surface area contributed by atoms with Crippen molar-refractivity contribution in [2.75, 3.05) is 12.0 Å². The number of methoxy groups -OCH3 is 1. The topological polar surface area (TPSA) is 107 Å². The van der Waals surface area contributed by atoms with Gasteiger partial charge < -0.3 is 9.53 Å². The Hall–Kier alpha value is -4.33. The first-order valence-electron chi connectivity index (χ1n) is 11.2. The minimum atomic E-state index is -1.38. The average molecular weight is 468 g/mol. The van der Waals surface area contributed by atoms with Crippen molar-refractivity contribution >= 4 is 29.5 Å². The first kappa shape index (κ1) is 21.2. The van der Waals surface area contributed by atoms with Gasteiger partial charge in [-0.2, -0.15) is 0 Å². The summed E-state index contributed by atoms with van der Waals surface area (Å²) in [7, 11) is 1.38. The van der Waals surface area contributed by atoms with E-state index in [1.165, 1.54) is 25.3 Å². The number of amides is 2. The number of carbonyl (C=O) groups excluding carboxylic acids is 3. The van der Waals surface area contributed by atoms with Crippen LogP contribution in [0, 0.1) is 22.0 Å². The van der Waals surface area contributed by atoms with E-state index in [1.807, 2.05) is 55.5 Å². The molecule has 3 aromatic carbocycles. The van der Waals surface area contributed by atoms with E-state index >= 15 is 0 Å². The van der Waals surface area contributed by atoms with Gasteiger partial charge in [0.2, 0.25) is 11.8 Å². The van der Waals surface area contributed by atoms with Crippen LogP contribution in [-0.4, -0.2) is 30.1 Å². The maximum Gasteiger partial charge on any atom is 0.297 e. The predicted octanol–water partition coefficient (Wildman–Crippen LogP) is 3.53. The molecule has 4 aliphatic rings. The van der Waals surface area contributed by atoms with Gasteiger partial charge in [0.15, 0.2) is 0 Å². The molecule has 0 aromatic heterocycles. The summed E-state index contributed by atoms with van der Waals surface area (Å²) in [4.78, 5) is 53.4. The molecule has 0 radical (unpaired) electrons. The summed E-state index contributed by atoms with van der Waals surface area (Å²) in [5.74, 6) is -2.86. The van der Waals surface area contributed by atoms with Crippen molar-refractivity contribution in [2.24, 2.45) is 11.8 Å². The van der Waals surface area contributed by atoms with Gasteiger partial charge >= 0.3 is 0 Å². The van der Waals surface area contributed by atoms with Crippen LogP contribution >= 0.6 is 0 Å². The third kappa shape index (κ3) is 2.29. The van der Waals surface area contributed by atoms with Crippen molar-refractivity contribution in [3.63, 3.8) is 0 Å². The number of nitro groups is 1. The lowest BCUT2D eigenvalue weighted by molar-refractivity contribution is -0.384. The summed E-state index contributed by atoms with van der Waals surface area (Å²) in [5, 5.41) is 11.9. The number of nitrogens with zero attached hydrogens (tertiary/aromatic N) is 2. The summed E-state index contributed by atoms with van der Waals surface area (Å²) < 4.78 is 5.11. The molecule has 35 heavy (non-hydrogen) atoms. The highest BCUT2D eigenvalue weighted by molar-refractivity contribution is 6.26. The van der Waals surface area contributed by atoms with Gasteiger partial charge in [0.05, 0.1) is 35.4 Å². The second-order valence-corrected chi connectivity index (χ2v) is 9.36.